The van der Waals surface area contributed by atoms with Crippen LogP contribution in [0.25, 0.3) is 0 Å². The van der Waals surface area contributed by atoms with E-state index in [9.17, 15) is 0 Å². The van der Waals surface area contributed by atoms with Crippen LogP contribution in [-0.4, -0.2) is 6.54 Å². The lowest BCUT2D eigenvalue weighted by atomic mass is 9.92. The maximum absolute atomic E-state index is 5.60. The van der Waals surface area contributed by atoms with E-state index in [0.717, 1.165) is 0 Å². The Morgan fingerprint density at radius 2 is 2.18 bits per heavy atom. The van der Waals surface area contributed by atoms with Crippen LogP contribution >= 0.6 is 23.7 Å². The monoisotopic (exact) mass is 191 g/mol. The first-order valence-corrected chi connectivity index (χ1v) is 4.29. The van der Waals surface area contributed by atoms with Gasteiger partial charge >= 0.3 is 0 Å². The molecule has 0 amide bonds. The van der Waals surface area contributed by atoms with E-state index in [0.29, 0.717) is 6.54 Å². The fraction of sp³-hybridized carbons (Fsp3) is 0.500. The summed E-state index contributed by atoms with van der Waals surface area (Å²) in [6.07, 6.45) is 0. The zero-order valence-electron chi connectivity index (χ0n) is 6.83. The van der Waals surface area contributed by atoms with Gasteiger partial charge in [-0.15, -0.1) is 23.7 Å². The van der Waals surface area contributed by atoms with Crippen molar-refractivity contribution in [2.75, 3.05) is 6.54 Å². The number of halogens is 1. The second-order valence-electron chi connectivity index (χ2n) is 3.07. The van der Waals surface area contributed by atoms with Gasteiger partial charge in [0, 0.05) is 16.8 Å². The average Bonchev–Trinajstić information content (AvgIpc) is 2.38. The minimum Gasteiger partial charge on any atom is -0.330 e. The van der Waals surface area contributed by atoms with Crippen LogP contribution in [-0.2, 0) is 5.41 Å². The molecule has 0 unspecified atom stereocenters. The zero-order chi connectivity index (χ0) is 7.61. The van der Waals surface area contributed by atoms with Crippen LogP contribution in [0.4, 0.5) is 0 Å². The van der Waals surface area contributed by atoms with Crippen LogP contribution in [0.15, 0.2) is 17.5 Å². The summed E-state index contributed by atoms with van der Waals surface area (Å²) in [5, 5.41) is 2.09. The van der Waals surface area contributed by atoms with Gasteiger partial charge in [-0.05, 0) is 11.4 Å². The van der Waals surface area contributed by atoms with Gasteiger partial charge < -0.3 is 5.73 Å². The van der Waals surface area contributed by atoms with E-state index >= 15 is 0 Å². The molecule has 0 aromatic carbocycles. The number of hydrogen-bond acceptors (Lipinski definition) is 2. The molecule has 1 rings (SSSR count). The Bertz CT molecular complexity index is 194. The predicted molar refractivity (Wildman–Crippen MR) is 53.6 cm³/mol. The third kappa shape index (κ3) is 2.47. The van der Waals surface area contributed by atoms with Crippen molar-refractivity contribution in [1.82, 2.24) is 0 Å². The van der Waals surface area contributed by atoms with Crippen molar-refractivity contribution in [2.45, 2.75) is 19.3 Å². The second-order valence-corrected chi connectivity index (χ2v) is 4.01. The third-order valence-corrected chi connectivity index (χ3v) is 2.93. The summed E-state index contributed by atoms with van der Waals surface area (Å²) >= 11 is 1.77. The first-order chi connectivity index (χ1) is 4.67. The number of rotatable bonds is 2. The van der Waals surface area contributed by atoms with Crippen molar-refractivity contribution in [3.8, 4) is 0 Å². The zero-order valence-corrected chi connectivity index (χ0v) is 8.47. The first-order valence-electron chi connectivity index (χ1n) is 3.41. The standard InChI is InChI=1S/C8H13NS.ClH/c1-8(2,6-9)7-4-3-5-10-7;/h3-5H,6,9H2,1-2H3;1H. The molecule has 0 radical (unpaired) electrons. The SMILES string of the molecule is CC(C)(CN)c1cccs1.Cl. The summed E-state index contributed by atoms with van der Waals surface area (Å²) in [5.41, 5.74) is 5.77. The van der Waals surface area contributed by atoms with Crippen molar-refractivity contribution < 1.29 is 0 Å². The summed E-state index contributed by atoms with van der Waals surface area (Å²) in [7, 11) is 0. The van der Waals surface area contributed by atoms with E-state index in [2.05, 4.69) is 31.4 Å². The fourth-order valence-corrected chi connectivity index (χ4v) is 1.63. The van der Waals surface area contributed by atoms with Gasteiger partial charge in [-0.3, -0.25) is 0 Å². The van der Waals surface area contributed by atoms with Crippen LogP contribution in [0.1, 0.15) is 18.7 Å². The topological polar surface area (TPSA) is 26.0 Å². The lowest BCUT2D eigenvalue weighted by molar-refractivity contribution is 0.550. The highest BCUT2D eigenvalue weighted by molar-refractivity contribution is 7.10. The molecule has 0 bridgehead atoms. The quantitative estimate of drug-likeness (QED) is 0.764. The molecule has 0 spiro atoms. The third-order valence-electron chi connectivity index (χ3n) is 1.70. The molecule has 0 saturated carbocycles. The minimum absolute atomic E-state index is 0. The Labute approximate surface area is 78.0 Å². The number of nitrogens with two attached hydrogens (primary N) is 1. The highest BCUT2D eigenvalue weighted by atomic mass is 35.5. The van der Waals surface area contributed by atoms with Crippen LogP contribution in [0.3, 0.4) is 0 Å². The normalized spacial score (nSPS) is 10.8. The molecule has 11 heavy (non-hydrogen) atoms. The molecular weight excluding hydrogens is 178 g/mol. The largest absolute Gasteiger partial charge is 0.330 e. The van der Waals surface area contributed by atoms with Gasteiger partial charge in [0.25, 0.3) is 0 Å². The van der Waals surface area contributed by atoms with Crippen molar-refractivity contribution in [1.29, 1.82) is 0 Å². The Morgan fingerprint density at radius 1 is 1.55 bits per heavy atom. The summed E-state index contributed by atoms with van der Waals surface area (Å²) in [4.78, 5) is 1.37. The molecule has 64 valence electrons. The van der Waals surface area contributed by atoms with E-state index in [1.165, 1.54) is 4.88 Å². The van der Waals surface area contributed by atoms with E-state index in [1.807, 2.05) is 0 Å². The van der Waals surface area contributed by atoms with E-state index in [4.69, 9.17) is 5.73 Å². The maximum Gasteiger partial charge on any atom is 0.0114 e. The summed E-state index contributed by atoms with van der Waals surface area (Å²) in [5.74, 6) is 0. The van der Waals surface area contributed by atoms with Crippen molar-refractivity contribution >= 4 is 23.7 Å². The fourth-order valence-electron chi connectivity index (χ4n) is 0.764. The van der Waals surface area contributed by atoms with E-state index < -0.39 is 0 Å². The van der Waals surface area contributed by atoms with Crippen LogP contribution in [0.2, 0.25) is 0 Å². The molecule has 3 heteroatoms. The summed E-state index contributed by atoms with van der Waals surface area (Å²) in [6, 6.07) is 4.20. The van der Waals surface area contributed by atoms with Gasteiger partial charge in [0.1, 0.15) is 0 Å². The van der Waals surface area contributed by atoms with Crippen molar-refractivity contribution in [3.63, 3.8) is 0 Å². The van der Waals surface area contributed by atoms with Gasteiger partial charge in [-0.1, -0.05) is 19.9 Å². The van der Waals surface area contributed by atoms with Crippen LogP contribution in [0, 0.1) is 0 Å². The Balaban J connectivity index is 0.000001000. The Kier molecular flexibility index (Phi) is 4.08. The number of hydrogen-bond donors (Lipinski definition) is 1. The van der Waals surface area contributed by atoms with Crippen LogP contribution < -0.4 is 5.73 Å². The van der Waals surface area contributed by atoms with Gasteiger partial charge in [-0.2, -0.15) is 0 Å². The van der Waals surface area contributed by atoms with E-state index in [-0.39, 0.29) is 17.8 Å². The Hall–Kier alpha value is -0.0500. The first kappa shape index (κ1) is 11.0. The molecule has 0 aliphatic heterocycles. The maximum atomic E-state index is 5.60. The smallest absolute Gasteiger partial charge is 0.0114 e. The number of thiophene rings is 1. The molecule has 1 nitrogen and oxygen atoms in total. The van der Waals surface area contributed by atoms with Crippen molar-refractivity contribution in [3.05, 3.63) is 22.4 Å². The summed E-state index contributed by atoms with van der Waals surface area (Å²) < 4.78 is 0. The highest BCUT2D eigenvalue weighted by Crippen LogP contribution is 2.25. The molecule has 0 aliphatic carbocycles. The van der Waals surface area contributed by atoms with Gasteiger partial charge in [-0.25, -0.2) is 0 Å². The molecule has 0 fully saturated rings. The van der Waals surface area contributed by atoms with Gasteiger partial charge in [0.2, 0.25) is 0 Å². The van der Waals surface area contributed by atoms with Crippen molar-refractivity contribution in [2.24, 2.45) is 5.73 Å². The molecule has 1 heterocycles. The molecule has 0 aliphatic rings. The highest BCUT2D eigenvalue weighted by Gasteiger charge is 2.18. The average molecular weight is 192 g/mol. The summed E-state index contributed by atoms with van der Waals surface area (Å²) in [6.45, 7) is 5.05. The lowest BCUT2D eigenvalue weighted by Gasteiger charge is -2.19. The van der Waals surface area contributed by atoms with E-state index in [1.54, 1.807) is 11.3 Å². The van der Waals surface area contributed by atoms with Crippen LogP contribution in [0.5, 0.6) is 0 Å². The molecule has 0 saturated heterocycles. The molecule has 0 atom stereocenters. The second kappa shape index (κ2) is 4.10. The lowest BCUT2D eigenvalue weighted by Crippen LogP contribution is -2.26. The molecule has 1 aromatic rings. The van der Waals surface area contributed by atoms with Gasteiger partial charge in [0.05, 0.1) is 0 Å². The predicted octanol–water partition coefficient (Wildman–Crippen LogP) is 2.41. The molecule has 2 N–H and O–H groups in total. The molecular formula is C8H14ClNS. The molecule has 1 aromatic heterocycles. The Morgan fingerprint density at radius 3 is 2.55 bits per heavy atom. The van der Waals surface area contributed by atoms with Gasteiger partial charge in [0.15, 0.2) is 0 Å². The minimum atomic E-state index is 0.